The molecule has 0 radical (unpaired) electrons. The summed E-state index contributed by atoms with van der Waals surface area (Å²) in [6, 6.07) is 0. The number of nitrogens with two attached hydrogens (primary N) is 1. The number of aliphatic hydroxyl groups is 1. The second-order valence-electron chi connectivity index (χ2n) is 3.45. The van der Waals surface area contributed by atoms with E-state index < -0.39 is 11.7 Å². The van der Waals surface area contributed by atoms with Crippen LogP contribution < -0.4 is 5.73 Å². The molecular formula is C7H12F3NO. The number of hydrogen-bond donors (Lipinski definition) is 2. The Kier molecular flexibility index (Phi) is 2.35. The van der Waals surface area contributed by atoms with E-state index in [2.05, 4.69) is 0 Å². The van der Waals surface area contributed by atoms with Gasteiger partial charge in [0.25, 0.3) is 0 Å². The predicted molar refractivity (Wildman–Crippen MR) is 37.4 cm³/mol. The molecule has 0 heterocycles. The van der Waals surface area contributed by atoms with Crippen molar-refractivity contribution in [2.75, 3.05) is 6.61 Å². The van der Waals surface area contributed by atoms with Gasteiger partial charge < -0.3 is 10.8 Å². The lowest BCUT2D eigenvalue weighted by Crippen LogP contribution is -2.51. The third-order valence-corrected chi connectivity index (χ3v) is 2.47. The predicted octanol–water partition coefficient (Wildman–Crippen LogP) is 1.04. The fourth-order valence-electron chi connectivity index (χ4n) is 1.59. The van der Waals surface area contributed by atoms with Crippen LogP contribution in [0.5, 0.6) is 0 Å². The Morgan fingerprint density at radius 1 is 1.50 bits per heavy atom. The Morgan fingerprint density at radius 2 is 2.08 bits per heavy atom. The van der Waals surface area contributed by atoms with E-state index in [1.54, 1.807) is 0 Å². The SMILES string of the molecule is NC1(C(F)(F)F)CCC(CO)C1. The van der Waals surface area contributed by atoms with Gasteiger partial charge in [-0.2, -0.15) is 13.2 Å². The van der Waals surface area contributed by atoms with Crippen LogP contribution in [-0.4, -0.2) is 23.4 Å². The second kappa shape index (κ2) is 2.88. The first-order valence-corrected chi connectivity index (χ1v) is 3.85. The molecule has 1 saturated carbocycles. The van der Waals surface area contributed by atoms with Crippen molar-refractivity contribution in [3.8, 4) is 0 Å². The van der Waals surface area contributed by atoms with Crippen LogP contribution in [0.4, 0.5) is 13.2 Å². The maximum Gasteiger partial charge on any atom is 0.406 e. The third-order valence-electron chi connectivity index (χ3n) is 2.47. The molecule has 72 valence electrons. The van der Waals surface area contributed by atoms with Crippen LogP contribution in [-0.2, 0) is 0 Å². The van der Waals surface area contributed by atoms with Crippen molar-refractivity contribution in [2.24, 2.45) is 11.7 Å². The van der Waals surface area contributed by atoms with Crippen LogP contribution in [0.3, 0.4) is 0 Å². The molecule has 0 amide bonds. The van der Waals surface area contributed by atoms with Crippen molar-refractivity contribution >= 4 is 0 Å². The Hall–Kier alpha value is -0.290. The van der Waals surface area contributed by atoms with Crippen molar-refractivity contribution in [1.29, 1.82) is 0 Å². The Bertz CT molecular complexity index is 171. The minimum absolute atomic E-state index is 0.0677. The van der Waals surface area contributed by atoms with Gasteiger partial charge >= 0.3 is 6.18 Å². The zero-order valence-corrected chi connectivity index (χ0v) is 6.56. The molecule has 2 atom stereocenters. The van der Waals surface area contributed by atoms with Gasteiger partial charge in [0.05, 0.1) is 0 Å². The lowest BCUT2D eigenvalue weighted by Gasteiger charge is -2.26. The van der Waals surface area contributed by atoms with Gasteiger partial charge in [-0.3, -0.25) is 0 Å². The molecule has 2 unspecified atom stereocenters. The summed E-state index contributed by atoms with van der Waals surface area (Å²) in [5.41, 5.74) is 3.11. The van der Waals surface area contributed by atoms with E-state index in [1.165, 1.54) is 0 Å². The van der Waals surface area contributed by atoms with E-state index in [-0.39, 0.29) is 25.4 Å². The zero-order chi connectivity index (χ0) is 9.41. The number of hydrogen-bond acceptors (Lipinski definition) is 2. The highest BCUT2D eigenvalue weighted by molar-refractivity contribution is 4.98. The standard InChI is InChI=1S/C7H12F3NO/c8-7(9,10)6(11)2-1-5(3-6)4-12/h5,12H,1-4,11H2. The molecule has 1 rings (SSSR count). The minimum Gasteiger partial charge on any atom is -0.396 e. The maximum atomic E-state index is 12.2. The normalized spacial score (nSPS) is 37.2. The average molecular weight is 183 g/mol. The smallest absolute Gasteiger partial charge is 0.396 e. The lowest BCUT2D eigenvalue weighted by molar-refractivity contribution is -0.184. The molecule has 3 N–H and O–H groups in total. The topological polar surface area (TPSA) is 46.2 Å². The van der Waals surface area contributed by atoms with E-state index in [0.717, 1.165) is 0 Å². The van der Waals surface area contributed by atoms with Gasteiger partial charge in [0, 0.05) is 6.61 Å². The number of alkyl halides is 3. The highest BCUT2D eigenvalue weighted by Gasteiger charge is 2.55. The van der Waals surface area contributed by atoms with E-state index >= 15 is 0 Å². The molecule has 0 bridgehead atoms. The Labute approximate surface area is 68.6 Å². The van der Waals surface area contributed by atoms with Gasteiger partial charge in [-0.1, -0.05) is 0 Å². The molecule has 5 heteroatoms. The molecule has 0 aromatic heterocycles. The van der Waals surface area contributed by atoms with E-state index in [9.17, 15) is 13.2 Å². The first kappa shape index (κ1) is 9.80. The second-order valence-corrected chi connectivity index (χ2v) is 3.45. The summed E-state index contributed by atoms with van der Waals surface area (Å²) >= 11 is 0. The fraction of sp³-hybridized carbons (Fsp3) is 1.00. The molecule has 0 spiro atoms. The van der Waals surface area contributed by atoms with Crippen LogP contribution in [0, 0.1) is 5.92 Å². The van der Waals surface area contributed by atoms with Crippen LogP contribution in [0.25, 0.3) is 0 Å². The van der Waals surface area contributed by atoms with E-state index in [4.69, 9.17) is 10.8 Å². The van der Waals surface area contributed by atoms with Crippen molar-refractivity contribution in [2.45, 2.75) is 31.0 Å². The van der Waals surface area contributed by atoms with Crippen molar-refractivity contribution < 1.29 is 18.3 Å². The summed E-state index contributed by atoms with van der Waals surface area (Å²) < 4.78 is 36.7. The minimum atomic E-state index is -4.34. The summed E-state index contributed by atoms with van der Waals surface area (Å²) in [4.78, 5) is 0. The monoisotopic (exact) mass is 183 g/mol. The zero-order valence-electron chi connectivity index (χ0n) is 6.56. The number of rotatable bonds is 1. The van der Waals surface area contributed by atoms with Crippen molar-refractivity contribution in [3.63, 3.8) is 0 Å². The van der Waals surface area contributed by atoms with Gasteiger partial charge in [-0.25, -0.2) is 0 Å². The average Bonchev–Trinajstić information content (AvgIpc) is 2.31. The summed E-state index contributed by atoms with van der Waals surface area (Å²) in [7, 11) is 0. The van der Waals surface area contributed by atoms with E-state index in [1.807, 2.05) is 0 Å². The lowest BCUT2D eigenvalue weighted by atomic mass is 9.97. The molecule has 0 aliphatic heterocycles. The van der Waals surface area contributed by atoms with Crippen LogP contribution in [0.1, 0.15) is 19.3 Å². The van der Waals surface area contributed by atoms with Gasteiger partial charge in [0.2, 0.25) is 0 Å². The molecule has 0 saturated heterocycles. The Morgan fingerprint density at radius 3 is 2.33 bits per heavy atom. The van der Waals surface area contributed by atoms with Crippen LogP contribution in [0.2, 0.25) is 0 Å². The van der Waals surface area contributed by atoms with E-state index in [0.29, 0.717) is 6.42 Å². The molecule has 1 aliphatic carbocycles. The highest BCUT2D eigenvalue weighted by Crippen LogP contribution is 2.43. The summed E-state index contributed by atoms with van der Waals surface area (Å²) in [6.07, 6.45) is -4.18. The van der Waals surface area contributed by atoms with Gasteiger partial charge in [-0.05, 0) is 25.2 Å². The van der Waals surface area contributed by atoms with Crippen molar-refractivity contribution in [1.82, 2.24) is 0 Å². The summed E-state index contributed by atoms with van der Waals surface area (Å²) in [6.45, 7) is -0.199. The maximum absolute atomic E-state index is 12.2. The van der Waals surface area contributed by atoms with Crippen LogP contribution in [0.15, 0.2) is 0 Å². The van der Waals surface area contributed by atoms with Gasteiger partial charge in [0.15, 0.2) is 0 Å². The number of aliphatic hydroxyl groups excluding tert-OH is 1. The summed E-state index contributed by atoms with van der Waals surface area (Å²) in [5.74, 6) is -0.281. The quantitative estimate of drug-likeness (QED) is 0.638. The van der Waals surface area contributed by atoms with Gasteiger partial charge in [0.1, 0.15) is 5.54 Å². The fourth-order valence-corrected chi connectivity index (χ4v) is 1.59. The highest BCUT2D eigenvalue weighted by atomic mass is 19.4. The molecule has 1 fully saturated rings. The molecule has 0 aromatic rings. The van der Waals surface area contributed by atoms with Crippen molar-refractivity contribution in [3.05, 3.63) is 0 Å². The molecule has 1 aliphatic rings. The summed E-state index contributed by atoms with van der Waals surface area (Å²) in [5, 5.41) is 8.64. The molecule has 2 nitrogen and oxygen atoms in total. The number of halogens is 3. The third kappa shape index (κ3) is 1.56. The first-order chi connectivity index (χ1) is 5.39. The molecule has 12 heavy (non-hydrogen) atoms. The van der Waals surface area contributed by atoms with Gasteiger partial charge in [-0.15, -0.1) is 0 Å². The largest absolute Gasteiger partial charge is 0.406 e. The molecule has 0 aromatic carbocycles. The Balaban J connectivity index is 2.64. The first-order valence-electron chi connectivity index (χ1n) is 3.85. The molecular weight excluding hydrogens is 171 g/mol. The van der Waals surface area contributed by atoms with Crippen LogP contribution >= 0.6 is 0 Å².